The van der Waals surface area contributed by atoms with Gasteiger partial charge in [-0.25, -0.2) is 0 Å². The van der Waals surface area contributed by atoms with Crippen LogP contribution in [-0.4, -0.2) is 52.8 Å². The number of fused-ring (bicyclic) bond motifs is 1. The average molecular weight is 576 g/mol. The highest BCUT2D eigenvalue weighted by molar-refractivity contribution is 5.98. The minimum Gasteiger partial charge on any atom is -0.493 e. The summed E-state index contributed by atoms with van der Waals surface area (Å²) in [7, 11) is 4.66. The van der Waals surface area contributed by atoms with Crippen LogP contribution in [0.1, 0.15) is 53.6 Å². The molecule has 4 rings (SSSR count). The van der Waals surface area contributed by atoms with Crippen LogP contribution in [0.25, 0.3) is 0 Å². The maximum atomic E-state index is 13.5. The first-order valence-electron chi connectivity index (χ1n) is 14.4. The second-order valence-electron chi connectivity index (χ2n) is 10.2. The zero-order valence-corrected chi connectivity index (χ0v) is 24.7. The summed E-state index contributed by atoms with van der Waals surface area (Å²) in [5.74, 6) is 1.86. The predicted molar refractivity (Wildman–Crippen MR) is 163 cm³/mol. The van der Waals surface area contributed by atoms with E-state index >= 15 is 0 Å². The molecule has 0 saturated heterocycles. The molecule has 2 N–H and O–H groups in total. The first-order chi connectivity index (χ1) is 20.5. The number of amides is 2. The molecule has 3 aromatic carbocycles. The molecule has 42 heavy (non-hydrogen) atoms. The van der Waals surface area contributed by atoms with Gasteiger partial charge >= 0.3 is 0 Å². The van der Waals surface area contributed by atoms with Crippen LogP contribution >= 0.6 is 0 Å². The SMILES string of the molecule is COc1cc(CNC(=O)c2ccc3c(c2)CNCCCCCCCN3C(=O)COc2ccccc2)cc(OC)c1OC. The van der Waals surface area contributed by atoms with Gasteiger partial charge in [0.15, 0.2) is 18.1 Å². The molecule has 0 aliphatic carbocycles. The van der Waals surface area contributed by atoms with Crippen molar-refractivity contribution in [3.05, 3.63) is 77.4 Å². The summed E-state index contributed by atoms with van der Waals surface area (Å²) in [5.41, 5.74) is 3.01. The van der Waals surface area contributed by atoms with Crippen molar-refractivity contribution < 1.29 is 28.5 Å². The number of para-hydroxylation sites is 1. The zero-order chi connectivity index (χ0) is 29.7. The number of carbonyl (C=O) groups excluding carboxylic acids is 2. The summed E-state index contributed by atoms with van der Waals surface area (Å²) in [5, 5.41) is 6.49. The summed E-state index contributed by atoms with van der Waals surface area (Å²) >= 11 is 0. The van der Waals surface area contributed by atoms with Gasteiger partial charge in [0.1, 0.15) is 5.75 Å². The van der Waals surface area contributed by atoms with E-state index in [2.05, 4.69) is 10.6 Å². The number of methoxy groups -OCH3 is 3. The minimum atomic E-state index is -0.219. The molecule has 1 aliphatic rings. The van der Waals surface area contributed by atoms with Gasteiger partial charge in [-0.1, -0.05) is 37.5 Å². The molecule has 1 heterocycles. The maximum Gasteiger partial charge on any atom is 0.264 e. The van der Waals surface area contributed by atoms with Gasteiger partial charge in [0.2, 0.25) is 5.75 Å². The van der Waals surface area contributed by atoms with Gasteiger partial charge in [0.25, 0.3) is 11.8 Å². The van der Waals surface area contributed by atoms with E-state index in [1.165, 1.54) is 0 Å². The number of benzene rings is 3. The summed E-state index contributed by atoms with van der Waals surface area (Å²) in [6, 6.07) is 18.5. The third-order valence-electron chi connectivity index (χ3n) is 7.27. The average Bonchev–Trinajstić information content (AvgIpc) is 3.02. The number of nitrogens with zero attached hydrogens (tertiary/aromatic N) is 1. The minimum absolute atomic E-state index is 0.0616. The molecule has 0 bridgehead atoms. The monoisotopic (exact) mass is 575 g/mol. The first kappa shape index (κ1) is 30.7. The van der Waals surface area contributed by atoms with Gasteiger partial charge in [-0.2, -0.15) is 0 Å². The molecular formula is C33H41N3O6. The van der Waals surface area contributed by atoms with Crippen molar-refractivity contribution in [1.29, 1.82) is 0 Å². The number of anilines is 1. The lowest BCUT2D eigenvalue weighted by Gasteiger charge is -2.26. The van der Waals surface area contributed by atoms with E-state index in [4.69, 9.17) is 18.9 Å². The van der Waals surface area contributed by atoms with E-state index in [1.54, 1.807) is 32.3 Å². The second kappa shape index (κ2) is 15.7. The Bertz CT molecular complexity index is 1310. The summed E-state index contributed by atoms with van der Waals surface area (Å²) < 4.78 is 22.1. The van der Waals surface area contributed by atoms with Gasteiger partial charge in [-0.3, -0.25) is 9.59 Å². The third-order valence-corrected chi connectivity index (χ3v) is 7.27. The Balaban J connectivity index is 1.54. The van der Waals surface area contributed by atoms with E-state index in [9.17, 15) is 9.59 Å². The van der Waals surface area contributed by atoms with Gasteiger partial charge < -0.3 is 34.5 Å². The van der Waals surface area contributed by atoms with Crippen molar-refractivity contribution in [2.24, 2.45) is 0 Å². The predicted octanol–water partition coefficient (Wildman–Crippen LogP) is 5.11. The molecule has 0 radical (unpaired) electrons. The molecule has 3 aromatic rings. The Kier molecular flexibility index (Phi) is 11.5. The van der Waals surface area contributed by atoms with Gasteiger partial charge in [0.05, 0.1) is 21.3 Å². The number of nitrogens with one attached hydrogen (secondary N) is 2. The molecule has 9 nitrogen and oxygen atoms in total. The van der Waals surface area contributed by atoms with Crippen LogP contribution in [0.4, 0.5) is 5.69 Å². The van der Waals surface area contributed by atoms with Crippen molar-refractivity contribution in [3.8, 4) is 23.0 Å². The quantitative estimate of drug-likeness (QED) is 0.366. The van der Waals surface area contributed by atoms with Crippen molar-refractivity contribution in [2.45, 2.75) is 45.2 Å². The van der Waals surface area contributed by atoms with Gasteiger partial charge in [-0.15, -0.1) is 0 Å². The normalized spacial score (nSPS) is 14.0. The molecule has 9 heteroatoms. The van der Waals surface area contributed by atoms with E-state index < -0.39 is 0 Å². The molecule has 0 spiro atoms. The molecule has 0 atom stereocenters. The van der Waals surface area contributed by atoms with Crippen molar-refractivity contribution in [2.75, 3.05) is 45.9 Å². The Morgan fingerprint density at radius 2 is 1.57 bits per heavy atom. The fourth-order valence-electron chi connectivity index (χ4n) is 5.05. The topological polar surface area (TPSA) is 98.4 Å². The second-order valence-corrected chi connectivity index (χ2v) is 10.2. The smallest absolute Gasteiger partial charge is 0.264 e. The fraction of sp³-hybridized carbons (Fsp3) is 0.394. The first-order valence-corrected chi connectivity index (χ1v) is 14.4. The van der Waals surface area contributed by atoms with Crippen LogP contribution in [0.15, 0.2) is 60.7 Å². The van der Waals surface area contributed by atoms with Crippen LogP contribution in [-0.2, 0) is 17.9 Å². The highest BCUT2D eigenvalue weighted by Gasteiger charge is 2.21. The van der Waals surface area contributed by atoms with Crippen LogP contribution < -0.4 is 34.5 Å². The van der Waals surface area contributed by atoms with Gasteiger partial charge in [-0.05, 0) is 73.0 Å². The molecule has 2 amide bonds. The fourth-order valence-corrected chi connectivity index (χ4v) is 5.05. The lowest BCUT2D eigenvalue weighted by Crippen LogP contribution is -2.37. The maximum absolute atomic E-state index is 13.5. The van der Waals surface area contributed by atoms with Crippen LogP contribution in [0.2, 0.25) is 0 Å². The lowest BCUT2D eigenvalue weighted by molar-refractivity contribution is -0.120. The van der Waals surface area contributed by atoms with E-state index in [-0.39, 0.29) is 25.0 Å². The molecular weight excluding hydrogens is 534 g/mol. The third kappa shape index (κ3) is 8.16. The molecule has 1 aliphatic heterocycles. The van der Waals surface area contributed by atoms with Gasteiger partial charge in [0, 0.05) is 30.9 Å². The van der Waals surface area contributed by atoms with Crippen LogP contribution in [0, 0.1) is 0 Å². The molecule has 0 unspecified atom stereocenters. The number of rotatable bonds is 9. The lowest BCUT2D eigenvalue weighted by atomic mass is 10.0. The van der Waals surface area contributed by atoms with Crippen LogP contribution in [0.5, 0.6) is 23.0 Å². The Labute approximate surface area is 248 Å². The number of carbonyl (C=O) groups is 2. The largest absolute Gasteiger partial charge is 0.493 e. The van der Waals surface area contributed by atoms with E-state index in [0.717, 1.165) is 55.5 Å². The van der Waals surface area contributed by atoms with Crippen molar-refractivity contribution in [3.63, 3.8) is 0 Å². The molecule has 224 valence electrons. The standard InChI is InChI=1S/C33H41N3O6/c1-39-29-18-24(19-30(40-2)32(29)41-3)21-35-33(38)25-14-15-28-26(20-25)22-34-16-10-5-4-6-11-17-36(28)31(37)23-42-27-12-8-7-9-13-27/h7-9,12-15,18-20,34H,4-6,10-11,16-17,21-23H2,1-3H3,(H,35,38). The van der Waals surface area contributed by atoms with E-state index in [1.807, 2.05) is 54.6 Å². The van der Waals surface area contributed by atoms with Crippen molar-refractivity contribution >= 4 is 17.5 Å². The Hall–Kier alpha value is -4.24. The highest BCUT2D eigenvalue weighted by atomic mass is 16.5. The van der Waals surface area contributed by atoms with Crippen LogP contribution in [0.3, 0.4) is 0 Å². The molecule has 0 aromatic heterocycles. The van der Waals surface area contributed by atoms with E-state index in [0.29, 0.717) is 41.7 Å². The Morgan fingerprint density at radius 3 is 2.29 bits per heavy atom. The summed E-state index contributed by atoms with van der Waals surface area (Å²) in [6.45, 7) is 2.23. The van der Waals surface area contributed by atoms with Crippen molar-refractivity contribution in [1.82, 2.24) is 10.6 Å². The number of ether oxygens (including phenoxy) is 4. The zero-order valence-electron chi connectivity index (χ0n) is 24.7. The highest BCUT2D eigenvalue weighted by Crippen LogP contribution is 2.38. The number of hydrogen-bond donors (Lipinski definition) is 2. The molecule has 0 fully saturated rings. The Morgan fingerprint density at radius 1 is 0.857 bits per heavy atom. The summed E-state index contributed by atoms with van der Waals surface area (Å²) in [4.78, 5) is 28.5. The molecule has 0 saturated carbocycles. The summed E-state index contributed by atoms with van der Waals surface area (Å²) in [6.07, 6.45) is 5.34. The number of hydrogen-bond acceptors (Lipinski definition) is 7.